The summed E-state index contributed by atoms with van der Waals surface area (Å²) in [5.74, 6) is -1.23. The number of hydrogen-bond donors (Lipinski definition) is 0. The number of carbonyl (C=O) groups excluding carboxylic acids is 1. The van der Waals surface area contributed by atoms with Gasteiger partial charge in [-0.05, 0) is 54.6 Å². The van der Waals surface area contributed by atoms with Gasteiger partial charge in [-0.25, -0.2) is 0 Å². The Morgan fingerprint density at radius 1 is 0.567 bits per heavy atom. The second kappa shape index (κ2) is 10.3. The fraction of sp³-hybridized carbons (Fsp3) is 0. The van der Waals surface area contributed by atoms with E-state index in [9.17, 15) is 0 Å². The van der Waals surface area contributed by atoms with E-state index in [2.05, 4.69) is 128 Å². The summed E-state index contributed by atoms with van der Waals surface area (Å²) < 4.78 is 0. The van der Waals surface area contributed by atoms with Crippen molar-refractivity contribution in [1.82, 2.24) is 0 Å². The maximum Gasteiger partial charge on any atom is 0.144 e. The van der Waals surface area contributed by atoms with E-state index in [0.29, 0.717) is 0 Å². The Labute approximate surface area is 178 Å². The predicted molar refractivity (Wildman–Crippen MR) is 126 cm³/mol. The van der Waals surface area contributed by atoms with E-state index < -0.39 is 13.2 Å². The van der Waals surface area contributed by atoms with Crippen LogP contribution in [-0.4, -0.2) is 5.97 Å². The van der Waals surface area contributed by atoms with Crippen molar-refractivity contribution in [2.45, 2.75) is 0 Å². The molecule has 0 aliphatic rings. The molecule has 0 fully saturated rings. The normalized spacial score (nSPS) is 10.4. The predicted octanol–water partition coefficient (Wildman–Crippen LogP) is 3.23. The third kappa shape index (κ3) is 4.56. The van der Waals surface area contributed by atoms with Gasteiger partial charge in [-0.2, -0.15) is 0 Å². The quantitative estimate of drug-likeness (QED) is 0.374. The third-order valence-corrected chi connectivity index (χ3v) is 9.03. The van der Waals surface area contributed by atoms with Crippen LogP contribution >= 0.6 is 7.26 Å². The van der Waals surface area contributed by atoms with E-state index >= 15 is 0 Å². The molecule has 0 aliphatic heterocycles. The number of carbonyl (C=O) groups is 1. The largest absolute Gasteiger partial charge is 0.545 e. The number of aliphatic carboxylic acids is 1. The molecule has 0 saturated heterocycles. The van der Waals surface area contributed by atoms with Crippen LogP contribution in [0.2, 0.25) is 0 Å². The summed E-state index contributed by atoms with van der Waals surface area (Å²) in [6.07, 6.45) is 0.722. The summed E-state index contributed by atoms with van der Waals surface area (Å²) in [7, 11) is -1.91. The smallest absolute Gasteiger partial charge is 0.144 e. The van der Waals surface area contributed by atoms with Crippen LogP contribution in [-0.2, 0) is 4.79 Å². The van der Waals surface area contributed by atoms with Gasteiger partial charge in [-0.15, -0.1) is 0 Å². The molecule has 148 valence electrons. The fourth-order valence-electron chi connectivity index (χ4n) is 3.50. The van der Waals surface area contributed by atoms with Crippen molar-refractivity contribution < 1.29 is 9.90 Å². The van der Waals surface area contributed by atoms with E-state index in [-0.39, 0.29) is 0 Å². The van der Waals surface area contributed by atoms with Gasteiger partial charge in [0, 0.05) is 0 Å². The van der Waals surface area contributed by atoms with E-state index in [1.165, 1.54) is 21.2 Å². The summed E-state index contributed by atoms with van der Waals surface area (Å²) in [5, 5.41) is 14.7. The lowest BCUT2D eigenvalue weighted by molar-refractivity contribution is -0.297. The first-order valence-electron chi connectivity index (χ1n) is 9.64. The van der Waals surface area contributed by atoms with Gasteiger partial charge >= 0.3 is 0 Å². The van der Waals surface area contributed by atoms with Gasteiger partial charge in [-0.1, -0.05) is 79.4 Å². The molecular weight excluding hydrogens is 387 g/mol. The van der Waals surface area contributed by atoms with Crippen LogP contribution in [0.1, 0.15) is 0 Å². The Morgan fingerprint density at radius 3 is 0.933 bits per heavy atom. The molecule has 4 aromatic carbocycles. The Kier molecular flexibility index (Phi) is 7.32. The van der Waals surface area contributed by atoms with Crippen molar-refractivity contribution in [3.8, 4) is 0 Å². The molecule has 4 aromatic rings. The topological polar surface area (TPSA) is 40.1 Å². The highest BCUT2D eigenvalue weighted by Crippen LogP contribution is 2.53. The Morgan fingerprint density at radius 2 is 0.767 bits per heavy atom. The zero-order valence-electron chi connectivity index (χ0n) is 16.6. The van der Waals surface area contributed by atoms with Crippen LogP contribution in [0.3, 0.4) is 0 Å². The van der Waals surface area contributed by atoms with Crippen LogP contribution in [0.5, 0.6) is 0 Å². The highest BCUT2D eigenvalue weighted by atomic mass is 31.2. The zero-order chi connectivity index (χ0) is 21.2. The molecule has 0 aromatic heterocycles. The van der Waals surface area contributed by atoms with Crippen molar-refractivity contribution in [2.24, 2.45) is 0 Å². The second-order valence-electron chi connectivity index (χ2n) is 6.54. The molecule has 30 heavy (non-hydrogen) atoms. The lowest BCUT2D eigenvalue weighted by Gasteiger charge is -2.27. The number of rotatable bonds is 5. The lowest BCUT2D eigenvalue weighted by atomic mass is 10.3. The van der Waals surface area contributed by atoms with E-state index in [1.807, 2.05) is 0 Å². The first kappa shape index (κ1) is 21.2. The van der Waals surface area contributed by atoms with Crippen LogP contribution in [0.15, 0.2) is 134 Å². The molecule has 0 bridgehead atoms. The zero-order valence-corrected chi connectivity index (χ0v) is 17.5. The van der Waals surface area contributed by atoms with Gasteiger partial charge in [0.15, 0.2) is 0 Å². The minimum absolute atomic E-state index is 0.722. The molecule has 0 N–H and O–H groups in total. The molecule has 0 atom stereocenters. The molecule has 0 unspecified atom stereocenters. The van der Waals surface area contributed by atoms with E-state index in [1.54, 1.807) is 0 Å². The first-order valence-corrected chi connectivity index (χ1v) is 11.4. The maximum absolute atomic E-state index is 9.14. The highest BCUT2D eigenvalue weighted by Gasteiger charge is 2.47. The van der Waals surface area contributed by atoms with Crippen molar-refractivity contribution >= 4 is 34.4 Å². The Bertz CT molecular complexity index is 899. The number of hydrogen-bond acceptors (Lipinski definition) is 2. The maximum atomic E-state index is 9.14. The molecular formula is C27H23O2P. The molecule has 2 nitrogen and oxygen atoms in total. The van der Waals surface area contributed by atoms with Gasteiger partial charge in [0.05, 0.1) is 5.97 Å². The molecule has 3 heteroatoms. The van der Waals surface area contributed by atoms with Crippen LogP contribution < -0.4 is 26.3 Å². The summed E-state index contributed by atoms with van der Waals surface area (Å²) in [6.45, 7) is 2.90. The van der Waals surface area contributed by atoms with Gasteiger partial charge in [0.1, 0.15) is 28.5 Å². The number of carboxylic acid groups (broad SMARTS) is 1. The number of carboxylic acids is 1. The molecule has 0 aliphatic carbocycles. The minimum Gasteiger partial charge on any atom is -0.545 e. The van der Waals surface area contributed by atoms with Crippen molar-refractivity contribution in [2.75, 3.05) is 0 Å². The van der Waals surface area contributed by atoms with Crippen molar-refractivity contribution in [3.63, 3.8) is 0 Å². The van der Waals surface area contributed by atoms with Gasteiger partial charge in [0.25, 0.3) is 0 Å². The minimum atomic E-state index is -1.91. The standard InChI is InChI=1S/C24H20P.C3H4O2/c1-5-13-21(14-6-1)25(22-15-7-2-8-16-22,23-17-9-3-10-18-23)24-19-11-4-12-20-24;1-2-3(4)5/h1-20H;2H,1H2,(H,4,5)/q+1;/p-1. The fourth-order valence-corrected chi connectivity index (χ4v) is 7.77. The molecule has 0 spiro atoms. The second-order valence-corrected chi connectivity index (χ2v) is 9.94. The highest BCUT2D eigenvalue weighted by molar-refractivity contribution is 8.01. The van der Waals surface area contributed by atoms with Crippen molar-refractivity contribution in [1.29, 1.82) is 0 Å². The summed E-state index contributed by atoms with van der Waals surface area (Å²) in [4.78, 5) is 9.14. The van der Waals surface area contributed by atoms with Gasteiger partial charge in [0.2, 0.25) is 0 Å². The molecule has 4 rings (SSSR count). The third-order valence-electron chi connectivity index (χ3n) is 4.74. The van der Waals surface area contributed by atoms with Crippen molar-refractivity contribution in [3.05, 3.63) is 134 Å². The van der Waals surface area contributed by atoms with Gasteiger partial charge < -0.3 is 9.90 Å². The van der Waals surface area contributed by atoms with Crippen LogP contribution in [0.4, 0.5) is 0 Å². The monoisotopic (exact) mass is 410 g/mol. The molecule has 0 heterocycles. The van der Waals surface area contributed by atoms with Crippen LogP contribution in [0, 0.1) is 0 Å². The van der Waals surface area contributed by atoms with Gasteiger partial charge in [-0.3, -0.25) is 0 Å². The average molecular weight is 410 g/mol. The Hall–Kier alpha value is -3.48. The SMILES string of the molecule is C=CC(=O)[O-].c1ccc([P+](c2ccccc2)(c2ccccc2)c2ccccc2)cc1. The number of benzene rings is 4. The summed E-state index contributed by atoms with van der Waals surface area (Å²) in [6, 6.07) is 43.8. The molecule has 0 amide bonds. The molecule has 0 saturated carbocycles. The van der Waals surface area contributed by atoms with E-state index in [4.69, 9.17) is 9.90 Å². The molecule has 0 radical (unpaired) electrons. The lowest BCUT2D eigenvalue weighted by Crippen LogP contribution is -2.38. The van der Waals surface area contributed by atoms with Crippen LogP contribution in [0.25, 0.3) is 0 Å². The summed E-state index contributed by atoms with van der Waals surface area (Å²) in [5.41, 5.74) is 0. The van der Waals surface area contributed by atoms with E-state index in [0.717, 1.165) is 6.08 Å². The Balaban J connectivity index is 0.000000461. The first-order chi connectivity index (χ1) is 14.7. The average Bonchev–Trinajstić information content (AvgIpc) is 2.83. The summed E-state index contributed by atoms with van der Waals surface area (Å²) >= 11 is 0.